The highest BCUT2D eigenvalue weighted by molar-refractivity contribution is 9.09. The van der Waals surface area contributed by atoms with Crippen molar-refractivity contribution in [3.63, 3.8) is 0 Å². The van der Waals surface area contributed by atoms with Crippen molar-refractivity contribution in [1.29, 1.82) is 0 Å². The molecule has 0 aliphatic carbocycles. The molecule has 2 aromatic carbocycles. The first-order chi connectivity index (χ1) is 9.10. The van der Waals surface area contributed by atoms with Gasteiger partial charge >= 0.3 is 0 Å². The van der Waals surface area contributed by atoms with Crippen LogP contribution in [-0.4, -0.2) is 11.1 Å². The van der Waals surface area contributed by atoms with Crippen LogP contribution in [0, 0.1) is 5.82 Å². The number of alkyl halides is 1. The molecule has 0 atom stereocenters. The SMILES string of the molecule is Cl.Nc1ccc(Oc2ccc(C(=O)CBr)cc2)cc1F. The zero-order valence-corrected chi connectivity index (χ0v) is 12.7. The maximum absolute atomic E-state index is 13.2. The number of carbonyl (C=O) groups excluding carboxylic acids is 1. The Morgan fingerprint density at radius 2 is 1.75 bits per heavy atom. The van der Waals surface area contributed by atoms with Crippen molar-refractivity contribution in [2.45, 2.75) is 0 Å². The molecule has 6 heteroatoms. The fraction of sp³-hybridized carbons (Fsp3) is 0.0714. The van der Waals surface area contributed by atoms with Crippen LogP contribution in [0.1, 0.15) is 10.4 Å². The Morgan fingerprint density at radius 3 is 2.30 bits per heavy atom. The van der Waals surface area contributed by atoms with E-state index in [2.05, 4.69) is 15.9 Å². The lowest BCUT2D eigenvalue weighted by Gasteiger charge is -2.07. The van der Waals surface area contributed by atoms with Gasteiger partial charge in [0.2, 0.25) is 0 Å². The summed E-state index contributed by atoms with van der Waals surface area (Å²) in [5.74, 6) is 0.343. The highest BCUT2D eigenvalue weighted by Crippen LogP contribution is 2.24. The van der Waals surface area contributed by atoms with Gasteiger partial charge in [-0.15, -0.1) is 12.4 Å². The zero-order chi connectivity index (χ0) is 13.8. The molecule has 0 spiro atoms. The summed E-state index contributed by atoms with van der Waals surface area (Å²) in [6, 6.07) is 10.9. The van der Waals surface area contributed by atoms with Gasteiger partial charge < -0.3 is 10.5 Å². The molecule has 0 saturated carbocycles. The quantitative estimate of drug-likeness (QED) is 0.505. The van der Waals surface area contributed by atoms with Crippen LogP contribution in [0.25, 0.3) is 0 Å². The van der Waals surface area contributed by atoms with Gasteiger partial charge in [0.25, 0.3) is 0 Å². The molecule has 0 aromatic heterocycles. The summed E-state index contributed by atoms with van der Waals surface area (Å²) in [5, 5.41) is 0.274. The molecule has 2 N–H and O–H groups in total. The van der Waals surface area contributed by atoms with Crippen molar-refractivity contribution >= 4 is 39.8 Å². The highest BCUT2D eigenvalue weighted by atomic mass is 79.9. The molecule has 2 rings (SSSR count). The minimum atomic E-state index is -0.524. The molecule has 0 saturated heterocycles. The van der Waals surface area contributed by atoms with E-state index >= 15 is 0 Å². The van der Waals surface area contributed by atoms with Crippen molar-refractivity contribution in [2.75, 3.05) is 11.1 Å². The molecule has 0 heterocycles. The van der Waals surface area contributed by atoms with E-state index in [-0.39, 0.29) is 29.2 Å². The van der Waals surface area contributed by atoms with Crippen molar-refractivity contribution in [2.24, 2.45) is 0 Å². The zero-order valence-electron chi connectivity index (χ0n) is 10.3. The van der Waals surface area contributed by atoms with Crippen molar-refractivity contribution in [3.05, 3.63) is 53.8 Å². The molecule has 106 valence electrons. The summed E-state index contributed by atoms with van der Waals surface area (Å²) in [6.45, 7) is 0. The second kappa shape index (κ2) is 7.26. The number of carbonyl (C=O) groups is 1. The van der Waals surface area contributed by atoms with Crippen LogP contribution in [0.4, 0.5) is 10.1 Å². The van der Waals surface area contributed by atoms with E-state index in [0.29, 0.717) is 17.1 Å². The van der Waals surface area contributed by atoms with Gasteiger partial charge in [-0.2, -0.15) is 0 Å². The predicted molar refractivity (Wildman–Crippen MR) is 82.7 cm³/mol. The van der Waals surface area contributed by atoms with Crippen LogP contribution in [0.2, 0.25) is 0 Å². The van der Waals surface area contributed by atoms with Gasteiger partial charge in [0, 0.05) is 11.6 Å². The van der Waals surface area contributed by atoms with Gasteiger partial charge in [-0.25, -0.2) is 4.39 Å². The average Bonchev–Trinajstić information content (AvgIpc) is 2.43. The Bertz CT molecular complexity index is 605. The smallest absolute Gasteiger partial charge is 0.173 e. The summed E-state index contributed by atoms with van der Waals surface area (Å²) in [5.41, 5.74) is 6.04. The van der Waals surface area contributed by atoms with E-state index in [4.69, 9.17) is 10.5 Å². The van der Waals surface area contributed by atoms with E-state index in [1.54, 1.807) is 30.3 Å². The highest BCUT2D eigenvalue weighted by Gasteiger charge is 2.05. The number of anilines is 1. The van der Waals surface area contributed by atoms with Crippen LogP contribution < -0.4 is 10.5 Å². The molecule has 0 unspecified atom stereocenters. The first-order valence-corrected chi connectivity index (χ1v) is 6.64. The van der Waals surface area contributed by atoms with Gasteiger partial charge in [0.1, 0.15) is 17.3 Å². The van der Waals surface area contributed by atoms with Gasteiger partial charge in [-0.1, -0.05) is 15.9 Å². The largest absolute Gasteiger partial charge is 0.457 e. The van der Waals surface area contributed by atoms with Crippen LogP contribution in [0.5, 0.6) is 11.5 Å². The van der Waals surface area contributed by atoms with Crippen molar-refractivity contribution in [3.8, 4) is 11.5 Å². The average molecular weight is 361 g/mol. The second-order valence-corrected chi connectivity index (χ2v) is 4.43. The predicted octanol–water partition coefficient (Wildman–Crippen LogP) is 4.20. The molecule has 0 aliphatic heterocycles. The molecule has 2 aromatic rings. The monoisotopic (exact) mass is 359 g/mol. The lowest BCUT2D eigenvalue weighted by molar-refractivity contribution is 0.102. The fourth-order valence-corrected chi connectivity index (χ4v) is 1.82. The molecule has 3 nitrogen and oxygen atoms in total. The number of nitrogen functional groups attached to an aromatic ring is 1. The standard InChI is InChI=1S/C14H11BrFNO2.ClH/c15-8-14(18)9-1-3-10(4-2-9)19-11-5-6-13(17)12(16)7-11;/h1-7H,8,17H2;1H. The molecule has 20 heavy (non-hydrogen) atoms. The minimum Gasteiger partial charge on any atom is -0.457 e. The third kappa shape index (κ3) is 3.95. The molecule has 0 bridgehead atoms. The molecular weight excluding hydrogens is 349 g/mol. The number of Topliss-reactive ketones (excluding diaryl/α,β-unsaturated/α-hetero) is 1. The Morgan fingerprint density at radius 1 is 1.15 bits per heavy atom. The van der Waals surface area contributed by atoms with Gasteiger partial charge in [0.05, 0.1) is 11.0 Å². The topological polar surface area (TPSA) is 52.3 Å². The lowest BCUT2D eigenvalue weighted by Crippen LogP contribution is -1.99. The first-order valence-electron chi connectivity index (χ1n) is 5.52. The maximum atomic E-state index is 13.2. The van der Waals surface area contributed by atoms with Crippen LogP contribution >= 0.6 is 28.3 Å². The third-order valence-corrected chi connectivity index (χ3v) is 3.01. The fourth-order valence-electron chi connectivity index (χ4n) is 1.49. The number of halogens is 3. The normalized spacial score (nSPS) is 9.70. The summed E-state index contributed by atoms with van der Waals surface area (Å²) in [4.78, 5) is 11.4. The summed E-state index contributed by atoms with van der Waals surface area (Å²) < 4.78 is 18.7. The van der Waals surface area contributed by atoms with Crippen LogP contribution in [0.3, 0.4) is 0 Å². The molecule has 0 aliphatic rings. The minimum absolute atomic E-state index is 0. The van der Waals surface area contributed by atoms with E-state index < -0.39 is 5.82 Å². The van der Waals surface area contributed by atoms with Gasteiger partial charge in [-0.3, -0.25) is 4.79 Å². The number of ketones is 1. The Balaban J connectivity index is 0.00000200. The van der Waals surface area contributed by atoms with Crippen LogP contribution in [-0.2, 0) is 0 Å². The number of rotatable bonds is 4. The van der Waals surface area contributed by atoms with Crippen molar-refractivity contribution < 1.29 is 13.9 Å². The van der Waals surface area contributed by atoms with Crippen molar-refractivity contribution in [1.82, 2.24) is 0 Å². The van der Waals surface area contributed by atoms with E-state index in [9.17, 15) is 9.18 Å². The van der Waals surface area contributed by atoms with E-state index in [0.717, 1.165) is 0 Å². The molecular formula is C14H12BrClFNO2. The van der Waals surface area contributed by atoms with E-state index in [1.807, 2.05) is 0 Å². The molecule has 0 fully saturated rings. The summed E-state index contributed by atoms with van der Waals surface area (Å²) in [7, 11) is 0. The summed E-state index contributed by atoms with van der Waals surface area (Å²) >= 11 is 3.10. The van der Waals surface area contributed by atoms with Crippen LogP contribution in [0.15, 0.2) is 42.5 Å². The second-order valence-electron chi connectivity index (χ2n) is 3.87. The molecule has 0 amide bonds. The van der Waals surface area contributed by atoms with E-state index in [1.165, 1.54) is 12.1 Å². The van der Waals surface area contributed by atoms with Gasteiger partial charge in [0.15, 0.2) is 5.78 Å². The number of ether oxygens (including phenoxy) is 1. The first kappa shape index (κ1) is 16.5. The molecule has 0 radical (unpaired) electrons. The Labute approximate surface area is 130 Å². The number of hydrogen-bond acceptors (Lipinski definition) is 3. The Hall–Kier alpha value is -1.59. The third-order valence-electron chi connectivity index (χ3n) is 2.51. The Kier molecular flexibility index (Phi) is 5.98. The lowest BCUT2D eigenvalue weighted by atomic mass is 10.1. The maximum Gasteiger partial charge on any atom is 0.173 e. The van der Waals surface area contributed by atoms with Gasteiger partial charge in [-0.05, 0) is 36.4 Å². The number of hydrogen-bond donors (Lipinski definition) is 1. The summed E-state index contributed by atoms with van der Waals surface area (Å²) in [6.07, 6.45) is 0. The number of nitrogens with two attached hydrogens (primary N) is 1. The number of benzene rings is 2.